The number of aromatic nitrogens is 3. The Kier molecular flexibility index (Phi) is 4.59. The van der Waals surface area contributed by atoms with E-state index in [9.17, 15) is 5.26 Å². The van der Waals surface area contributed by atoms with Gasteiger partial charge < -0.3 is 0 Å². The van der Waals surface area contributed by atoms with Gasteiger partial charge in [0.25, 0.3) is 0 Å². The summed E-state index contributed by atoms with van der Waals surface area (Å²) in [6.45, 7) is 6.21. The minimum absolute atomic E-state index is 0.485. The van der Waals surface area contributed by atoms with Gasteiger partial charge in [-0.15, -0.1) is 11.8 Å². The summed E-state index contributed by atoms with van der Waals surface area (Å²) in [6, 6.07) is 11.0. The SMILES string of the molecule is CCSc1cc(-c2ccnc3[nH]ncc23)cc(C(C)(C#N)CC)c1. The lowest BCUT2D eigenvalue weighted by Gasteiger charge is -2.22. The van der Waals surface area contributed by atoms with E-state index in [4.69, 9.17) is 0 Å². The third kappa shape index (κ3) is 2.90. The highest BCUT2D eigenvalue weighted by molar-refractivity contribution is 7.99. The number of nitrogens with zero attached hydrogens (tertiary/aromatic N) is 3. The minimum atomic E-state index is -0.485. The first kappa shape index (κ1) is 16.5. The highest BCUT2D eigenvalue weighted by Gasteiger charge is 2.25. The summed E-state index contributed by atoms with van der Waals surface area (Å²) >= 11 is 1.79. The summed E-state index contributed by atoms with van der Waals surface area (Å²) in [5, 5.41) is 17.7. The van der Waals surface area contributed by atoms with E-state index in [-0.39, 0.29) is 0 Å². The molecule has 24 heavy (non-hydrogen) atoms. The van der Waals surface area contributed by atoms with Crippen molar-refractivity contribution in [1.29, 1.82) is 5.26 Å². The Morgan fingerprint density at radius 1 is 1.29 bits per heavy atom. The summed E-state index contributed by atoms with van der Waals surface area (Å²) in [5.41, 5.74) is 3.55. The zero-order valence-corrected chi connectivity index (χ0v) is 14.9. The lowest BCUT2D eigenvalue weighted by atomic mass is 9.80. The second kappa shape index (κ2) is 6.66. The molecule has 2 aromatic heterocycles. The second-order valence-electron chi connectivity index (χ2n) is 5.97. The van der Waals surface area contributed by atoms with Crippen molar-refractivity contribution >= 4 is 22.8 Å². The summed E-state index contributed by atoms with van der Waals surface area (Å²) in [7, 11) is 0. The summed E-state index contributed by atoms with van der Waals surface area (Å²) in [5.74, 6) is 0.996. The summed E-state index contributed by atoms with van der Waals surface area (Å²) in [4.78, 5) is 5.50. The molecule has 0 aliphatic carbocycles. The molecule has 1 unspecified atom stereocenters. The van der Waals surface area contributed by atoms with Crippen LogP contribution in [0.5, 0.6) is 0 Å². The number of hydrogen-bond donors (Lipinski definition) is 1. The van der Waals surface area contributed by atoms with Crippen molar-refractivity contribution in [2.45, 2.75) is 37.5 Å². The number of rotatable bonds is 5. The molecule has 1 aromatic carbocycles. The van der Waals surface area contributed by atoms with Crippen molar-refractivity contribution in [2.75, 3.05) is 5.75 Å². The van der Waals surface area contributed by atoms with Crippen molar-refractivity contribution in [3.8, 4) is 17.2 Å². The first-order valence-electron chi connectivity index (χ1n) is 8.09. The number of benzene rings is 1. The van der Waals surface area contributed by atoms with E-state index in [0.29, 0.717) is 0 Å². The van der Waals surface area contributed by atoms with Gasteiger partial charge in [0.2, 0.25) is 0 Å². The molecule has 0 aliphatic heterocycles. The van der Waals surface area contributed by atoms with Crippen LogP contribution in [0.3, 0.4) is 0 Å². The topological polar surface area (TPSA) is 65.4 Å². The number of hydrogen-bond acceptors (Lipinski definition) is 4. The molecule has 3 aromatic rings. The van der Waals surface area contributed by atoms with Gasteiger partial charge in [-0.25, -0.2) is 4.98 Å². The molecule has 122 valence electrons. The average Bonchev–Trinajstić information content (AvgIpc) is 3.09. The maximum absolute atomic E-state index is 9.68. The van der Waals surface area contributed by atoms with Crippen LogP contribution in [0.1, 0.15) is 32.8 Å². The molecule has 3 rings (SSSR count). The van der Waals surface area contributed by atoms with Crippen LogP contribution >= 0.6 is 11.8 Å². The first-order chi connectivity index (χ1) is 11.6. The quantitative estimate of drug-likeness (QED) is 0.671. The fourth-order valence-corrected chi connectivity index (χ4v) is 3.53. The van der Waals surface area contributed by atoms with E-state index in [2.05, 4.69) is 53.3 Å². The Bertz CT molecular complexity index is 909. The van der Waals surface area contributed by atoms with Gasteiger partial charge in [0, 0.05) is 16.5 Å². The maximum atomic E-state index is 9.68. The fourth-order valence-electron chi connectivity index (χ4n) is 2.77. The average molecular weight is 336 g/mol. The molecular formula is C19H20N4S. The Hall–Kier alpha value is -2.32. The highest BCUT2D eigenvalue weighted by atomic mass is 32.2. The number of aromatic amines is 1. The summed E-state index contributed by atoms with van der Waals surface area (Å²) < 4.78 is 0. The molecule has 0 fully saturated rings. The van der Waals surface area contributed by atoms with Crippen molar-refractivity contribution in [2.24, 2.45) is 0 Å². The van der Waals surface area contributed by atoms with Crippen molar-refractivity contribution < 1.29 is 0 Å². The Morgan fingerprint density at radius 3 is 2.83 bits per heavy atom. The van der Waals surface area contributed by atoms with E-state index in [1.807, 2.05) is 13.0 Å². The molecule has 0 bridgehead atoms. The van der Waals surface area contributed by atoms with Crippen LogP contribution in [-0.2, 0) is 5.41 Å². The number of H-pyrrole nitrogens is 1. The predicted octanol–water partition coefficient (Wildman–Crippen LogP) is 4.93. The van der Waals surface area contributed by atoms with Gasteiger partial charge in [-0.2, -0.15) is 10.4 Å². The maximum Gasteiger partial charge on any atom is 0.155 e. The van der Waals surface area contributed by atoms with E-state index >= 15 is 0 Å². The second-order valence-corrected chi connectivity index (χ2v) is 7.30. The molecule has 1 atom stereocenters. The normalized spacial score (nSPS) is 13.6. The monoisotopic (exact) mass is 336 g/mol. The predicted molar refractivity (Wildman–Crippen MR) is 99.0 cm³/mol. The number of nitriles is 1. The van der Waals surface area contributed by atoms with Gasteiger partial charge in [0.1, 0.15) is 0 Å². The van der Waals surface area contributed by atoms with Crippen LogP contribution in [0.2, 0.25) is 0 Å². The van der Waals surface area contributed by atoms with Gasteiger partial charge in [-0.05, 0) is 60.1 Å². The minimum Gasteiger partial charge on any atom is -0.261 e. The van der Waals surface area contributed by atoms with Gasteiger partial charge in [0.15, 0.2) is 5.65 Å². The highest BCUT2D eigenvalue weighted by Crippen LogP contribution is 2.36. The number of thioether (sulfide) groups is 1. The van der Waals surface area contributed by atoms with Crippen LogP contribution in [-0.4, -0.2) is 20.9 Å². The van der Waals surface area contributed by atoms with E-state index < -0.39 is 5.41 Å². The van der Waals surface area contributed by atoms with E-state index in [1.165, 1.54) is 4.90 Å². The molecule has 4 nitrogen and oxygen atoms in total. The number of pyridine rings is 1. The molecule has 0 saturated carbocycles. The van der Waals surface area contributed by atoms with Crippen LogP contribution in [0.25, 0.3) is 22.2 Å². The zero-order chi connectivity index (χ0) is 17.2. The van der Waals surface area contributed by atoms with Crippen molar-refractivity contribution in [3.05, 3.63) is 42.2 Å². The third-order valence-electron chi connectivity index (χ3n) is 4.47. The molecule has 0 saturated heterocycles. The fraction of sp³-hybridized carbons (Fsp3) is 0.316. The Labute approximate surface area is 146 Å². The van der Waals surface area contributed by atoms with Gasteiger partial charge in [-0.1, -0.05) is 13.8 Å². The summed E-state index contributed by atoms with van der Waals surface area (Å²) in [6.07, 6.45) is 4.37. The van der Waals surface area contributed by atoms with E-state index in [1.54, 1.807) is 24.2 Å². The van der Waals surface area contributed by atoms with Gasteiger partial charge in [0.05, 0.1) is 17.7 Å². The van der Waals surface area contributed by atoms with Crippen LogP contribution < -0.4 is 0 Å². The third-order valence-corrected chi connectivity index (χ3v) is 5.33. The zero-order valence-electron chi connectivity index (χ0n) is 14.1. The van der Waals surface area contributed by atoms with Crippen LogP contribution in [0.15, 0.2) is 41.6 Å². The molecule has 0 amide bonds. The molecule has 0 spiro atoms. The number of nitrogens with one attached hydrogen (secondary N) is 1. The smallest absolute Gasteiger partial charge is 0.155 e. The first-order valence-corrected chi connectivity index (χ1v) is 9.08. The Balaban J connectivity index is 2.23. The molecular weight excluding hydrogens is 316 g/mol. The molecule has 1 N–H and O–H groups in total. The molecule has 0 aliphatic rings. The van der Waals surface area contributed by atoms with Crippen LogP contribution in [0.4, 0.5) is 0 Å². The molecule has 0 radical (unpaired) electrons. The van der Waals surface area contributed by atoms with E-state index in [0.717, 1.165) is 39.9 Å². The van der Waals surface area contributed by atoms with Crippen molar-refractivity contribution in [3.63, 3.8) is 0 Å². The lowest BCUT2D eigenvalue weighted by molar-refractivity contribution is 0.586. The molecule has 5 heteroatoms. The standard InChI is InChI=1S/C19H20N4S/c1-4-19(3,12-20)14-8-13(9-15(10-14)24-5-2)16-6-7-21-18-17(16)11-22-23-18/h6-11H,4-5H2,1-3H3,(H,21,22,23). The van der Waals surface area contributed by atoms with Crippen LogP contribution in [0, 0.1) is 11.3 Å². The largest absolute Gasteiger partial charge is 0.261 e. The van der Waals surface area contributed by atoms with Crippen molar-refractivity contribution in [1.82, 2.24) is 15.2 Å². The number of fused-ring (bicyclic) bond motifs is 1. The lowest BCUT2D eigenvalue weighted by Crippen LogP contribution is -2.18. The van der Waals surface area contributed by atoms with Gasteiger partial charge in [-0.3, -0.25) is 5.10 Å². The Morgan fingerprint density at radius 2 is 2.12 bits per heavy atom. The van der Waals surface area contributed by atoms with Gasteiger partial charge >= 0.3 is 0 Å². The molecule has 2 heterocycles.